The van der Waals surface area contributed by atoms with Crippen LogP contribution in [0.5, 0.6) is 0 Å². The number of rotatable bonds is 2. The fourth-order valence-corrected chi connectivity index (χ4v) is 0.354. The maximum Gasteiger partial charge on any atom is -0.0538 e. The third-order valence-electron chi connectivity index (χ3n) is 0.707. The Hall–Kier alpha value is 0. The largest absolute Gasteiger partial charge is 0.0656 e. The lowest BCUT2D eigenvalue weighted by Crippen LogP contribution is -1.59. The van der Waals surface area contributed by atoms with Crippen LogP contribution in [0.1, 0.15) is 73.6 Å². The first-order valence-electron chi connectivity index (χ1n) is 5.24. The fourth-order valence-electron chi connectivity index (χ4n) is 0.354. The first-order valence-corrected chi connectivity index (χ1v) is 5.24. The van der Waals surface area contributed by atoms with E-state index in [-0.39, 0.29) is 0 Å². The van der Waals surface area contributed by atoms with Gasteiger partial charge in [-0.3, -0.25) is 0 Å². The van der Waals surface area contributed by atoms with Gasteiger partial charge in [-0.05, 0) is 0 Å². The second-order valence-electron chi connectivity index (χ2n) is 2.77. The van der Waals surface area contributed by atoms with Crippen LogP contribution in [0.2, 0.25) is 0 Å². The minimum Gasteiger partial charge on any atom is -0.0656 e. The summed E-state index contributed by atoms with van der Waals surface area (Å²) in [5, 5.41) is 0. The van der Waals surface area contributed by atoms with Gasteiger partial charge in [0.2, 0.25) is 0 Å². The molecule has 0 radical (unpaired) electrons. The number of unbranched alkanes of at least 4 members (excludes halogenated alkanes) is 2. The summed E-state index contributed by atoms with van der Waals surface area (Å²) in [6.07, 6.45) is 6.58. The molecule has 0 atom stereocenters. The highest BCUT2D eigenvalue weighted by atomic mass is 13.7. The van der Waals surface area contributed by atoms with Gasteiger partial charge in [-0.15, -0.1) is 0 Å². The van der Waals surface area contributed by atoms with Crippen molar-refractivity contribution in [2.75, 3.05) is 0 Å². The zero-order chi connectivity index (χ0) is 9.54. The van der Waals surface area contributed by atoms with Gasteiger partial charge in [0, 0.05) is 0 Å². The number of hydrogen-bond donors (Lipinski definition) is 0. The Morgan fingerprint density at radius 3 is 0.727 bits per heavy atom. The van der Waals surface area contributed by atoms with Crippen LogP contribution >= 0.6 is 0 Å². The van der Waals surface area contributed by atoms with Gasteiger partial charge in [-0.1, -0.05) is 73.6 Å². The molecule has 0 saturated heterocycles. The monoisotopic (exact) mass is 160 g/mol. The van der Waals surface area contributed by atoms with E-state index in [4.69, 9.17) is 0 Å². The molecule has 0 saturated carbocycles. The summed E-state index contributed by atoms with van der Waals surface area (Å²) in [5.74, 6) is 0. The van der Waals surface area contributed by atoms with Crippen LogP contribution in [-0.4, -0.2) is 0 Å². The molecular weight excluding hydrogens is 132 g/mol. The zero-order valence-electron chi connectivity index (χ0n) is 9.54. The molecule has 0 aliphatic heterocycles. The van der Waals surface area contributed by atoms with Crippen molar-refractivity contribution in [2.45, 2.75) is 73.6 Å². The molecule has 0 heterocycles. The van der Waals surface area contributed by atoms with Gasteiger partial charge >= 0.3 is 0 Å². The van der Waals surface area contributed by atoms with E-state index in [9.17, 15) is 0 Å². The molecule has 0 aliphatic rings. The molecule has 0 fully saturated rings. The predicted octanol–water partition coefficient (Wildman–Crippen LogP) is 5.03. The van der Waals surface area contributed by atoms with E-state index in [2.05, 4.69) is 41.5 Å². The molecular formula is C11H28. The van der Waals surface area contributed by atoms with Gasteiger partial charge in [0.1, 0.15) is 0 Å². The minimum absolute atomic E-state index is 1.25. The van der Waals surface area contributed by atoms with Gasteiger partial charge < -0.3 is 0 Å². The molecule has 0 unspecified atom stereocenters. The lowest BCUT2D eigenvalue weighted by atomic mass is 10.3. The summed E-state index contributed by atoms with van der Waals surface area (Å²) in [6, 6.07) is 0. The molecule has 0 bridgehead atoms. The van der Waals surface area contributed by atoms with E-state index >= 15 is 0 Å². The minimum atomic E-state index is 1.25. The molecule has 0 aromatic rings. The van der Waals surface area contributed by atoms with Crippen molar-refractivity contribution < 1.29 is 0 Å². The van der Waals surface area contributed by atoms with Crippen molar-refractivity contribution in [1.29, 1.82) is 0 Å². The van der Waals surface area contributed by atoms with Crippen LogP contribution in [-0.2, 0) is 0 Å². The normalized spacial score (nSPS) is 7.09. The third kappa shape index (κ3) is 160. The summed E-state index contributed by atoms with van der Waals surface area (Å²) in [6.45, 7) is 12.9. The molecule has 0 aliphatic carbocycles. The highest BCUT2D eigenvalue weighted by Gasteiger charge is 1.68. The number of hydrogen-bond acceptors (Lipinski definition) is 0. The van der Waals surface area contributed by atoms with E-state index in [1.54, 1.807) is 0 Å². The van der Waals surface area contributed by atoms with Crippen LogP contribution in [0.4, 0.5) is 0 Å². The highest BCUT2D eigenvalue weighted by molar-refractivity contribution is 4.24. The van der Waals surface area contributed by atoms with Crippen LogP contribution in [0, 0.1) is 0 Å². The van der Waals surface area contributed by atoms with Crippen molar-refractivity contribution in [3.8, 4) is 0 Å². The van der Waals surface area contributed by atoms with Gasteiger partial charge in [0.15, 0.2) is 0 Å². The fraction of sp³-hybridized carbons (Fsp3) is 1.00. The van der Waals surface area contributed by atoms with E-state index in [1.165, 1.54) is 32.1 Å². The average Bonchev–Trinajstić information content (AvgIpc) is 1.92. The quantitative estimate of drug-likeness (QED) is 0.531. The summed E-state index contributed by atoms with van der Waals surface area (Å²) >= 11 is 0. The lowest BCUT2D eigenvalue weighted by Gasteiger charge is -1.79. The summed E-state index contributed by atoms with van der Waals surface area (Å²) in [4.78, 5) is 0. The maximum absolute atomic E-state index is 2.21. The molecule has 72 valence electrons. The topological polar surface area (TPSA) is 0 Å². The Bertz CT molecular complexity index is 19.2. The van der Waals surface area contributed by atoms with Crippen LogP contribution in [0.3, 0.4) is 0 Å². The molecule has 0 aromatic carbocycles. The predicted molar refractivity (Wildman–Crippen MR) is 57.1 cm³/mol. The van der Waals surface area contributed by atoms with Gasteiger partial charge in [0.05, 0.1) is 0 Å². The summed E-state index contributed by atoms with van der Waals surface area (Å²) in [5.41, 5.74) is 0. The molecule has 0 heteroatoms. The van der Waals surface area contributed by atoms with Crippen molar-refractivity contribution in [3.63, 3.8) is 0 Å². The molecule has 0 rings (SSSR count). The summed E-state index contributed by atoms with van der Waals surface area (Å²) < 4.78 is 0. The Balaban J connectivity index is -0.0000000933. The van der Waals surface area contributed by atoms with E-state index < -0.39 is 0 Å². The second-order valence-corrected chi connectivity index (χ2v) is 2.77. The Morgan fingerprint density at radius 1 is 0.545 bits per heavy atom. The van der Waals surface area contributed by atoms with Crippen LogP contribution in [0.25, 0.3) is 0 Å². The van der Waals surface area contributed by atoms with Crippen molar-refractivity contribution in [3.05, 3.63) is 0 Å². The van der Waals surface area contributed by atoms with E-state index in [0.29, 0.717) is 0 Å². The summed E-state index contributed by atoms with van der Waals surface area (Å²) in [7, 11) is 0. The van der Waals surface area contributed by atoms with Crippen molar-refractivity contribution >= 4 is 0 Å². The molecule has 0 aromatic heterocycles. The average molecular weight is 160 g/mol. The second kappa shape index (κ2) is 32.4. The van der Waals surface area contributed by atoms with Crippen molar-refractivity contribution in [1.82, 2.24) is 0 Å². The van der Waals surface area contributed by atoms with Gasteiger partial charge in [-0.2, -0.15) is 0 Å². The van der Waals surface area contributed by atoms with Gasteiger partial charge in [-0.25, -0.2) is 0 Å². The molecule has 11 heavy (non-hydrogen) atoms. The molecule has 0 amide bonds. The molecule has 0 spiro atoms. The Labute approximate surface area is 74.4 Å². The standard InChI is InChI=1S/C5H12.2C3H8/c1-3-5-4-2;2*1-3-2/h3-5H2,1-2H3;2*3H2,1-2H3. The van der Waals surface area contributed by atoms with Crippen LogP contribution < -0.4 is 0 Å². The van der Waals surface area contributed by atoms with E-state index in [1.807, 2.05) is 0 Å². The van der Waals surface area contributed by atoms with Crippen LogP contribution in [0.15, 0.2) is 0 Å². The molecule has 0 N–H and O–H groups in total. The third-order valence-corrected chi connectivity index (χ3v) is 0.707. The molecule has 0 nitrogen and oxygen atoms in total. The highest BCUT2D eigenvalue weighted by Crippen LogP contribution is 1.88. The van der Waals surface area contributed by atoms with Crippen molar-refractivity contribution in [2.24, 2.45) is 0 Å². The maximum atomic E-state index is 2.21. The van der Waals surface area contributed by atoms with E-state index in [0.717, 1.165) is 0 Å². The first-order chi connectivity index (χ1) is 5.24. The lowest BCUT2D eigenvalue weighted by molar-refractivity contribution is 0.772. The Morgan fingerprint density at radius 2 is 0.727 bits per heavy atom. The first kappa shape index (κ1) is 17.2. The zero-order valence-corrected chi connectivity index (χ0v) is 9.54. The SMILES string of the molecule is CCC.CCC.CCCCC. The van der Waals surface area contributed by atoms with Gasteiger partial charge in [0.25, 0.3) is 0 Å². The Kier molecular flexibility index (Phi) is 50.6. The smallest absolute Gasteiger partial charge is 0.0538 e.